The van der Waals surface area contributed by atoms with Gasteiger partial charge in [0.05, 0.1) is 29.1 Å². The molecule has 0 aliphatic rings. The van der Waals surface area contributed by atoms with Crippen LogP contribution in [0.3, 0.4) is 0 Å². The molecule has 0 spiro atoms. The number of amides is 2. The Balaban J connectivity index is 1.68. The van der Waals surface area contributed by atoms with E-state index in [1.165, 1.54) is 13.1 Å². The molecule has 1 aromatic heterocycles. The number of hydrogen-bond acceptors (Lipinski definition) is 5. The second-order valence-electron chi connectivity index (χ2n) is 7.02. The third-order valence-electron chi connectivity index (χ3n) is 4.71. The topological polar surface area (TPSA) is 84.7 Å². The number of anilines is 1. The highest BCUT2D eigenvalue weighted by molar-refractivity contribution is 6.00. The average Bonchev–Trinajstić information content (AvgIpc) is 3.09. The van der Waals surface area contributed by atoms with Gasteiger partial charge in [-0.3, -0.25) is 9.59 Å². The summed E-state index contributed by atoms with van der Waals surface area (Å²) in [6.45, 7) is 3.19. The van der Waals surface area contributed by atoms with Gasteiger partial charge >= 0.3 is 0 Å². The molecule has 2 amide bonds. The molecular formula is C22H20F3N3O4. The zero-order valence-electron chi connectivity index (χ0n) is 17.5. The van der Waals surface area contributed by atoms with Crippen LogP contribution in [-0.4, -0.2) is 35.5 Å². The van der Waals surface area contributed by atoms with Crippen LogP contribution in [0.4, 0.5) is 18.9 Å². The number of halogens is 3. The van der Waals surface area contributed by atoms with E-state index < -0.39 is 41.5 Å². The molecule has 0 saturated carbocycles. The second-order valence-corrected chi connectivity index (χ2v) is 7.02. The molecule has 2 aromatic carbocycles. The number of nitrogens with one attached hydrogen (secondary N) is 1. The number of hydrogen-bond donors (Lipinski definition) is 1. The number of aryl methyl sites for hydroxylation is 2. The van der Waals surface area contributed by atoms with Crippen LogP contribution in [0.2, 0.25) is 0 Å². The highest BCUT2D eigenvalue weighted by atomic mass is 19.2. The van der Waals surface area contributed by atoms with Crippen LogP contribution < -0.4 is 10.1 Å². The fourth-order valence-corrected chi connectivity index (χ4v) is 2.93. The summed E-state index contributed by atoms with van der Waals surface area (Å²) in [7, 11) is 1.37. The zero-order chi connectivity index (χ0) is 23.4. The Kier molecular flexibility index (Phi) is 6.82. The SMILES string of the molecule is Cc1noc(C)c1COc1ccccc1C(=O)N(C)CC(=O)Nc1ccc(F)c(F)c1F. The largest absolute Gasteiger partial charge is 0.488 e. The second kappa shape index (κ2) is 9.54. The Morgan fingerprint density at radius 2 is 1.81 bits per heavy atom. The van der Waals surface area contributed by atoms with Crippen molar-refractivity contribution in [3.8, 4) is 5.75 Å². The first-order chi connectivity index (χ1) is 15.2. The molecule has 0 unspecified atom stereocenters. The number of ether oxygens (including phenoxy) is 1. The molecule has 32 heavy (non-hydrogen) atoms. The van der Waals surface area contributed by atoms with Crippen molar-refractivity contribution in [1.82, 2.24) is 10.1 Å². The van der Waals surface area contributed by atoms with E-state index in [2.05, 4.69) is 10.5 Å². The molecule has 0 radical (unpaired) electrons. The minimum Gasteiger partial charge on any atom is -0.488 e. The number of carbonyl (C=O) groups is 2. The average molecular weight is 447 g/mol. The van der Waals surface area contributed by atoms with E-state index in [9.17, 15) is 22.8 Å². The summed E-state index contributed by atoms with van der Waals surface area (Å²) in [5.41, 5.74) is 1.10. The van der Waals surface area contributed by atoms with Crippen molar-refractivity contribution >= 4 is 17.5 Å². The van der Waals surface area contributed by atoms with Crippen LogP contribution in [-0.2, 0) is 11.4 Å². The highest BCUT2D eigenvalue weighted by Crippen LogP contribution is 2.23. The lowest BCUT2D eigenvalue weighted by Gasteiger charge is -2.19. The first-order valence-electron chi connectivity index (χ1n) is 9.51. The zero-order valence-corrected chi connectivity index (χ0v) is 17.5. The van der Waals surface area contributed by atoms with Gasteiger partial charge in [-0.15, -0.1) is 0 Å². The van der Waals surface area contributed by atoms with E-state index >= 15 is 0 Å². The number of para-hydroxylation sites is 1. The number of carbonyl (C=O) groups excluding carboxylic acids is 2. The number of rotatable bonds is 7. The standard InChI is InChI=1S/C22H20F3N3O4/c1-12-15(13(2)32-27-12)11-31-18-7-5-4-6-14(18)22(30)28(3)10-19(29)26-17-9-8-16(23)20(24)21(17)25/h4-9H,10-11H2,1-3H3,(H,26,29). The molecule has 1 heterocycles. The number of aromatic nitrogens is 1. The first kappa shape index (κ1) is 22.9. The minimum atomic E-state index is -1.70. The molecule has 0 aliphatic heterocycles. The molecule has 10 heteroatoms. The molecule has 1 N–H and O–H groups in total. The molecule has 0 bridgehead atoms. The molecule has 168 valence electrons. The lowest BCUT2D eigenvalue weighted by molar-refractivity contribution is -0.116. The summed E-state index contributed by atoms with van der Waals surface area (Å²) in [6.07, 6.45) is 0. The summed E-state index contributed by atoms with van der Waals surface area (Å²) in [4.78, 5) is 26.2. The van der Waals surface area contributed by atoms with Gasteiger partial charge in [0.25, 0.3) is 5.91 Å². The smallest absolute Gasteiger partial charge is 0.257 e. The van der Waals surface area contributed by atoms with Crippen LogP contribution in [0.5, 0.6) is 5.75 Å². The minimum absolute atomic E-state index is 0.130. The van der Waals surface area contributed by atoms with E-state index in [0.29, 0.717) is 17.5 Å². The Morgan fingerprint density at radius 3 is 2.50 bits per heavy atom. The molecule has 0 fully saturated rings. The van der Waals surface area contributed by atoms with Crippen LogP contribution in [0, 0.1) is 31.3 Å². The summed E-state index contributed by atoms with van der Waals surface area (Å²) in [5.74, 6) is -5.02. The van der Waals surface area contributed by atoms with Crippen molar-refractivity contribution in [2.45, 2.75) is 20.5 Å². The van der Waals surface area contributed by atoms with Gasteiger partial charge in [-0.1, -0.05) is 17.3 Å². The van der Waals surface area contributed by atoms with Gasteiger partial charge in [-0.05, 0) is 38.1 Å². The molecular weight excluding hydrogens is 427 g/mol. The van der Waals surface area contributed by atoms with Gasteiger partial charge in [-0.25, -0.2) is 13.2 Å². The molecule has 7 nitrogen and oxygen atoms in total. The Bertz CT molecular complexity index is 1140. The number of likely N-dealkylation sites (N-methyl/N-ethyl adjacent to an activating group) is 1. The normalized spacial score (nSPS) is 10.7. The van der Waals surface area contributed by atoms with Crippen molar-refractivity contribution in [2.24, 2.45) is 0 Å². The van der Waals surface area contributed by atoms with E-state index in [0.717, 1.165) is 16.5 Å². The maximum absolute atomic E-state index is 13.8. The van der Waals surface area contributed by atoms with Crippen LogP contribution in [0.15, 0.2) is 40.9 Å². The summed E-state index contributed by atoms with van der Waals surface area (Å²) in [5, 5.41) is 5.98. The molecule has 3 aromatic rings. The number of benzene rings is 2. The third kappa shape index (κ3) is 4.90. The van der Waals surface area contributed by atoms with Gasteiger partial charge < -0.3 is 19.5 Å². The Morgan fingerprint density at radius 1 is 1.09 bits per heavy atom. The fraction of sp³-hybridized carbons (Fsp3) is 0.227. The van der Waals surface area contributed by atoms with Gasteiger partial charge in [0.1, 0.15) is 18.1 Å². The fourth-order valence-electron chi connectivity index (χ4n) is 2.93. The first-order valence-corrected chi connectivity index (χ1v) is 9.51. The van der Waals surface area contributed by atoms with E-state index in [1.54, 1.807) is 32.0 Å². The van der Waals surface area contributed by atoms with Crippen molar-refractivity contribution in [1.29, 1.82) is 0 Å². The molecule has 0 atom stereocenters. The van der Waals surface area contributed by atoms with Crippen molar-refractivity contribution in [3.63, 3.8) is 0 Å². The quantitative estimate of drug-likeness (QED) is 0.554. The van der Waals surface area contributed by atoms with Crippen molar-refractivity contribution in [2.75, 3.05) is 18.9 Å². The maximum atomic E-state index is 13.8. The van der Waals surface area contributed by atoms with Crippen molar-refractivity contribution < 1.29 is 32.0 Å². The monoisotopic (exact) mass is 447 g/mol. The lowest BCUT2D eigenvalue weighted by Crippen LogP contribution is -2.35. The van der Waals surface area contributed by atoms with E-state index in [1.807, 2.05) is 0 Å². The molecule has 0 saturated heterocycles. The molecule has 0 aliphatic carbocycles. The predicted molar refractivity (Wildman–Crippen MR) is 109 cm³/mol. The third-order valence-corrected chi connectivity index (χ3v) is 4.71. The summed E-state index contributed by atoms with van der Waals surface area (Å²) in [6, 6.07) is 8.06. The van der Waals surface area contributed by atoms with Crippen molar-refractivity contribution in [3.05, 3.63) is 76.4 Å². The van der Waals surface area contributed by atoms with Gasteiger partial charge in [-0.2, -0.15) is 0 Å². The van der Waals surface area contributed by atoms with E-state index in [4.69, 9.17) is 9.26 Å². The summed E-state index contributed by atoms with van der Waals surface area (Å²) < 4.78 is 51.0. The lowest BCUT2D eigenvalue weighted by atomic mass is 10.1. The highest BCUT2D eigenvalue weighted by Gasteiger charge is 2.21. The maximum Gasteiger partial charge on any atom is 0.257 e. The predicted octanol–water partition coefficient (Wildman–Crippen LogP) is 4.00. The van der Waals surface area contributed by atoms with E-state index in [-0.39, 0.29) is 17.9 Å². The Labute approximate surface area is 181 Å². The van der Waals surface area contributed by atoms with Crippen LogP contribution in [0.1, 0.15) is 27.4 Å². The van der Waals surface area contributed by atoms with Crippen LogP contribution in [0.25, 0.3) is 0 Å². The summed E-state index contributed by atoms with van der Waals surface area (Å²) >= 11 is 0. The van der Waals surface area contributed by atoms with Gasteiger partial charge in [0.2, 0.25) is 5.91 Å². The van der Waals surface area contributed by atoms with Gasteiger partial charge in [0, 0.05) is 7.05 Å². The Hall–Kier alpha value is -3.82. The van der Waals surface area contributed by atoms with Crippen LogP contribution >= 0.6 is 0 Å². The number of nitrogens with zero attached hydrogens (tertiary/aromatic N) is 2. The van der Waals surface area contributed by atoms with Gasteiger partial charge in [0.15, 0.2) is 17.5 Å². The molecule has 3 rings (SSSR count).